The number of aryl methyl sites for hydroxylation is 1. The van der Waals surface area contributed by atoms with Gasteiger partial charge in [0.2, 0.25) is 0 Å². The molecule has 2 aromatic heterocycles. The molecule has 0 bridgehead atoms. The van der Waals surface area contributed by atoms with Crippen molar-refractivity contribution in [1.82, 2.24) is 9.97 Å². The van der Waals surface area contributed by atoms with Crippen molar-refractivity contribution >= 4 is 16.7 Å². The van der Waals surface area contributed by atoms with Gasteiger partial charge in [0, 0.05) is 35.1 Å². The Labute approximate surface area is 111 Å². The van der Waals surface area contributed by atoms with E-state index in [9.17, 15) is 4.79 Å². The Morgan fingerprint density at radius 3 is 2.84 bits per heavy atom. The van der Waals surface area contributed by atoms with Gasteiger partial charge < -0.3 is 0 Å². The Bertz CT molecular complexity index is 765. The van der Waals surface area contributed by atoms with Crippen LogP contribution < -0.4 is 0 Å². The molecule has 2 heterocycles. The molecule has 0 saturated heterocycles. The topological polar surface area (TPSA) is 42.9 Å². The lowest BCUT2D eigenvalue weighted by Crippen LogP contribution is -2.04. The molecule has 3 rings (SSSR count). The Balaban J connectivity index is 2.09. The summed E-state index contributed by atoms with van der Waals surface area (Å²) in [6.45, 7) is 1.91. The minimum atomic E-state index is -0.00338. The molecule has 0 amide bonds. The molecule has 1 aromatic carbocycles. The second-order valence-corrected chi connectivity index (χ2v) is 4.43. The van der Waals surface area contributed by atoms with Crippen LogP contribution in [-0.4, -0.2) is 15.8 Å². The molecule has 19 heavy (non-hydrogen) atoms. The molecule has 0 spiro atoms. The Morgan fingerprint density at radius 1 is 1.11 bits per heavy atom. The number of carbonyl (C=O) groups is 1. The van der Waals surface area contributed by atoms with E-state index >= 15 is 0 Å². The highest BCUT2D eigenvalue weighted by Crippen LogP contribution is 2.17. The molecular formula is C16H12N2O. The number of pyridine rings is 2. The first-order valence-electron chi connectivity index (χ1n) is 6.06. The second-order valence-electron chi connectivity index (χ2n) is 4.43. The maximum absolute atomic E-state index is 12.5. The number of hydrogen-bond donors (Lipinski definition) is 0. The van der Waals surface area contributed by atoms with Gasteiger partial charge in [-0.3, -0.25) is 14.8 Å². The molecule has 92 valence electrons. The number of fused-ring (bicyclic) bond motifs is 1. The van der Waals surface area contributed by atoms with Gasteiger partial charge >= 0.3 is 0 Å². The van der Waals surface area contributed by atoms with E-state index in [4.69, 9.17) is 0 Å². The van der Waals surface area contributed by atoms with E-state index in [-0.39, 0.29) is 5.78 Å². The van der Waals surface area contributed by atoms with E-state index in [1.165, 1.54) is 0 Å². The summed E-state index contributed by atoms with van der Waals surface area (Å²) in [7, 11) is 0. The number of ketones is 1. The predicted octanol–water partition coefficient (Wildman–Crippen LogP) is 3.17. The molecule has 0 aliphatic heterocycles. The van der Waals surface area contributed by atoms with E-state index in [2.05, 4.69) is 9.97 Å². The maximum Gasteiger partial charge on any atom is 0.194 e. The quantitative estimate of drug-likeness (QED) is 0.654. The highest BCUT2D eigenvalue weighted by molar-refractivity contribution is 6.11. The number of nitrogens with zero attached hydrogens (tertiary/aromatic N) is 2. The van der Waals surface area contributed by atoms with Crippen molar-refractivity contribution in [3.05, 3.63) is 71.7 Å². The lowest BCUT2D eigenvalue weighted by atomic mass is 10.00. The highest BCUT2D eigenvalue weighted by atomic mass is 16.1. The van der Waals surface area contributed by atoms with Crippen molar-refractivity contribution < 1.29 is 4.79 Å². The summed E-state index contributed by atoms with van der Waals surface area (Å²) in [5.41, 5.74) is 3.13. The summed E-state index contributed by atoms with van der Waals surface area (Å²) in [5.74, 6) is -0.00338. The highest BCUT2D eigenvalue weighted by Gasteiger charge is 2.12. The van der Waals surface area contributed by atoms with Crippen LogP contribution in [0.5, 0.6) is 0 Å². The monoisotopic (exact) mass is 248 g/mol. The van der Waals surface area contributed by atoms with E-state index in [0.717, 1.165) is 16.5 Å². The van der Waals surface area contributed by atoms with Gasteiger partial charge in [-0.1, -0.05) is 6.07 Å². The minimum Gasteiger partial charge on any atom is -0.289 e. The summed E-state index contributed by atoms with van der Waals surface area (Å²) in [5, 5.41) is 0.967. The zero-order chi connectivity index (χ0) is 13.2. The van der Waals surface area contributed by atoms with Crippen molar-refractivity contribution in [2.24, 2.45) is 0 Å². The third-order valence-electron chi connectivity index (χ3n) is 3.15. The summed E-state index contributed by atoms with van der Waals surface area (Å²) >= 11 is 0. The molecular weight excluding hydrogens is 236 g/mol. The van der Waals surface area contributed by atoms with Gasteiger partial charge in [-0.05, 0) is 42.8 Å². The van der Waals surface area contributed by atoms with Crippen LogP contribution in [0.2, 0.25) is 0 Å². The van der Waals surface area contributed by atoms with Gasteiger partial charge in [0.05, 0.1) is 5.52 Å². The summed E-state index contributed by atoms with van der Waals surface area (Å²) < 4.78 is 0. The third kappa shape index (κ3) is 2.10. The van der Waals surface area contributed by atoms with Crippen LogP contribution in [0, 0.1) is 6.92 Å². The van der Waals surface area contributed by atoms with Crippen molar-refractivity contribution in [3.8, 4) is 0 Å². The molecule has 0 aliphatic rings. The van der Waals surface area contributed by atoms with Crippen LogP contribution in [0.15, 0.2) is 55.0 Å². The SMILES string of the molecule is Cc1ccncc1C(=O)c1ccc2ncccc2c1. The average Bonchev–Trinajstić information content (AvgIpc) is 2.46. The van der Waals surface area contributed by atoms with Crippen LogP contribution in [0.1, 0.15) is 21.5 Å². The van der Waals surface area contributed by atoms with Gasteiger partial charge in [0.25, 0.3) is 0 Å². The van der Waals surface area contributed by atoms with E-state index in [1.807, 2.05) is 43.3 Å². The number of hydrogen-bond acceptors (Lipinski definition) is 3. The number of aromatic nitrogens is 2. The van der Waals surface area contributed by atoms with Crippen LogP contribution >= 0.6 is 0 Å². The zero-order valence-corrected chi connectivity index (χ0v) is 10.5. The van der Waals surface area contributed by atoms with Crippen LogP contribution in [-0.2, 0) is 0 Å². The minimum absolute atomic E-state index is 0.00338. The molecule has 3 nitrogen and oxygen atoms in total. The molecule has 0 saturated carbocycles. The average molecular weight is 248 g/mol. The largest absolute Gasteiger partial charge is 0.289 e. The van der Waals surface area contributed by atoms with E-state index < -0.39 is 0 Å². The Kier molecular flexibility index (Phi) is 2.80. The third-order valence-corrected chi connectivity index (χ3v) is 3.15. The molecule has 0 N–H and O–H groups in total. The van der Waals surface area contributed by atoms with Gasteiger partial charge in [0.15, 0.2) is 5.78 Å². The van der Waals surface area contributed by atoms with Gasteiger partial charge in [-0.2, -0.15) is 0 Å². The summed E-state index contributed by atoms with van der Waals surface area (Å²) in [6, 6.07) is 11.2. The van der Waals surface area contributed by atoms with Crippen molar-refractivity contribution in [2.45, 2.75) is 6.92 Å². The van der Waals surface area contributed by atoms with Crippen molar-refractivity contribution in [2.75, 3.05) is 0 Å². The normalized spacial score (nSPS) is 10.6. The van der Waals surface area contributed by atoms with Crippen LogP contribution in [0.4, 0.5) is 0 Å². The first-order chi connectivity index (χ1) is 9.25. The fourth-order valence-corrected chi connectivity index (χ4v) is 2.07. The smallest absolute Gasteiger partial charge is 0.194 e. The van der Waals surface area contributed by atoms with Crippen molar-refractivity contribution in [1.29, 1.82) is 0 Å². The predicted molar refractivity (Wildman–Crippen MR) is 74.1 cm³/mol. The number of carbonyl (C=O) groups excluding carboxylic acids is 1. The molecule has 0 atom stereocenters. The van der Waals surface area contributed by atoms with E-state index in [1.54, 1.807) is 18.6 Å². The fraction of sp³-hybridized carbons (Fsp3) is 0.0625. The lowest BCUT2D eigenvalue weighted by Gasteiger charge is -2.05. The Hall–Kier alpha value is -2.55. The number of benzene rings is 1. The Morgan fingerprint density at radius 2 is 2.00 bits per heavy atom. The lowest BCUT2D eigenvalue weighted by molar-refractivity contribution is 0.103. The molecule has 0 radical (unpaired) electrons. The van der Waals surface area contributed by atoms with Crippen LogP contribution in [0.3, 0.4) is 0 Å². The van der Waals surface area contributed by atoms with Crippen molar-refractivity contribution in [3.63, 3.8) is 0 Å². The van der Waals surface area contributed by atoms with Gasteiger partial charge in [-0.15, -0.1) is 0 Å². The first kappa shape index (κ1) is 11.5. The molecule has 0 fully saturated rings. The van der Waals surface area contributed by atoms with E-state index in [0.29, 0.717) is 11.1 Å². The molecule has 0 unspecified atom stereocenters. The second kappa shape index (κ2) is 4.61. The van der Waals surface area contributed by atoms with Crippen LogP contribution in [0.25, 0.3) is 10.9 Å². The first-order valence-corrected chi connectivity index (χ1v) is 6.06. The summed E-state index contributed by atoms with van der Waals surface area (Å²) in [4.78, 5) is 20.7. The molecule has 0 aliphatic carbocycles. The fourth-order valence-electron chi connectivity index (χ4n) is 2.07. The standard InChI is InChI=1S/C16H12N2O/c1-11-6-8-17-10-14(11)16(19)13-4-5-15-12(9-13)3-2-7-18-15/h2-10H,1H3. The van der Waals surface area contributed by atoms with Gasteiger partial charge in [-0.25, -0.2) is 0 Å². The summed E-state index contributed by atoms with van der Waals surface area (Å²) in [6.07, 6.45) is 5.05. The molecule has 3 heteroatoms. The molecule has 3 aromatic rings. The van der Waals surface area contributed by atoms with Gasteiger partial charge in [0.1, 0.15) is 0 Å². The maximum atomic E-state index is 12.5. The number of rotatable bonds is 2. The zero-order valence-electron chi connectivity index (χ0n) is 10.5.